The van der Waals surface area contributed by atoms with Crippen LogP contribution in [0.1, 0.15) is 39.2 Å². The Hall–Kier alpha value is -2.09. The van der Waals surface area contributed by atoms with Gasteiger partial charge in [0.25, 0.3) is 0 Å². The molecule has 10 heteroatoms. The van der Waals surface area contributed by atoms with Gasteiger partial charge >= 0.3 is 0 Å². The minimum Gasteiger partial charge on any atom is -0.474 e. The molecule has 8 nitrogen and oxygen atoms in total. The molecule has 0 spiro atoms. The highest BCUT2D eigenvalue weighted by atomic mass is 35.5. The molecule has 0 radical (unpaired) electrons. The molecule has 0 aromatic carbocycles. The Balaban J connectivity index is 2.49. The van der Waals surface area contributed by atoms with Gasteiger partial charge in [0, 0.05) is 23.6 Å². The van der Waals surface area contributed by atoms with Crippen molar-refractivity contribution in [2.45, 2.75) is 45.3 Å². The first kappa shape index (κ1) is 21.2. The Bertz CT molecular complexity index is 991. The fourth-order valence-electron chi connectivity index (χ4n) is 2.65. The third-order valence-corrected chi connectivity index (χ3v) is 5.63. The largest absolute Gasteiger partial charge is 0.474 e. The van der Waals surface area contributed by atoms with Crippen LogP contribution in [0.3, 0.4) is 0 Å². The molecule has 0 amide bonds. The summed E-state index contributed by atoms with van der Waals surface area (Å²) in [6.07, 6.45) is 4.91. The monoisotopic (exact) mass is 411 g/mol. The smallest absolute Gasteiger partial charge is 0.223 e. The van der Waals surface area contributed by atoms with Crippen molar-refractivity contribution in [2.24, 2.45) is 5.11 Å². The highest BCUT2D eigenvalue weighted by molar-refractivity contribution is 7.90. The average molecular weight is 412 g/mol. The standard InChI is InChI=1S/C17H22ClN5O3S/c1-5-17(3,22-23-19)14-10-21-16(13-9-20-15(18)8-12(13)14)26-11(2)6-7-27(4,24)25/h8-11H,5-7H2,1-4H3/t11-,17-/m1/s1. The molecule has 0 aliphatic heterocycles. The first-order valence-corrected chi connectivity index (χ1v) is 10.9. The number of pyridine rings is 2. The van der Waals surface area contributed by atoms with E-state index in [2.05, 4.69) is 20.0 Å². The molecule has 2 heterocycles. The molecule has 0 unspecified atom stereocenters. The topological polar surface area (TPSA) is 118 Å². The molecule has 2 aromatic heterocycles. The molecule has 2 rings (SSSR count). The fraction of sp³-hybridized carbons (Fsp3) is 0.529. The summed E-state index contributed by atoms with van der Waals surface area (Å²) in [6, 6.07) is 1.68. The second kappa shape index (κ2) is 8.29. The second-order valence-corrected chi connectivity index (χ2v) is 9.34. The van der Waals surface area contributed by atoms with Crippen LogP contribution in [0.2, 0.25) is 5.15 Å². The summed E-state index contributed by atoms with van der Waals surface area (Å²) in [4.78, 5) is 11.4. The summed E-state index contributed by atoms with van der Waals surface area (Å²) in [5.41, 5.74) is 8.87. The van der Waals surface area contributed by atoms with E-state index in [4.69, 9.17) is 21.9 Å². The Morgan fingerprint density at radius 1 is 1.37 bits per heavy atom. The van der Waals surface area contributed by atoms with Crippen LogP contribution < -0.4 is 4.74 Å². The first-order valence-electron chi connectivity index (χ1n) is 8.45. The molecule has 146 valence electrons. The summed E-state index contributed by atoms with van der Waals surface area (Å²) >= 11 is 6.08. The van der Waals surface area contributed by atoms with Crippen molar-refractivity contribution in [1.29, 1.82) is 0 Å². The summed E-state index contributed by atoms with van der Waals surface area (Å²) in [6.45, 7) is 5.53. The predicted octanol–water partition coefficient (Wildman–Crippen LogP) is 4.42. The lowest BCUT2D eigenvalue weighted by Crippen LogP contribution is -2.20. The normalized spacial score (nSPS) is 15.0. The van der Waals surface area contributed by atoms with Gasteiger partial charge in [-0.3, -0.25) is 0 Å². The SMILES string of the molecule is CC[C@@](C)(N=[N+]=[N-])c1cnc(O[C@H](C)CCS(C)(=O)=O)c2cnc(Cl)cc12. The number of aromatic nitrogens is 2. The number of ether oxygens (including phenoxy) is 1. The second-order valence-electron chi connectivity index (χ2n) is 6.69. The molecule has 2 aromatic rings. The van der Waals surface area contributed by atoms with Crippen molar-refractivity contribution in [2.75, 3.05) is 12.0 Å². The van der Waals surface area contributed by atoms with Gasteiger partial charge in [0.15, 0.2) is 0 Å². The summed E-state index contributed by atoms with van der Waals surface area (Å²) in [5, 5.41) is 5.59. The van der Waals surface area contributed by atoms with E-state index in [9.17, 15) is 8.42 Å². The zero-order valence-corrected chi connectivity index (χ0v) is 17.3. The maximum Gasteiger partial charge on any atom is 0.223 e. The molecular formula is C17H22ClN5O3S. The van der Waals surface area contributed by atoms with Crippen molar-refractivity contribution < 1.29 is 13.2 Å². The Labute approximate surface area is 163 Å². The van der Waals surface area contributed by atoms with Gasteiger partial charge in [-0.1, -0.05) is 23.6 Å². The van der Waals surface area contributed by atoms with Crippen LogP contribution in [0.25, 0.3) is 21.2 Å². The lowest BCUT2D eigenvalue weighted by atomic mass is 9.88. The number of hydrogen-bond acceptors (Lipinski definition) is 6. The van der Waals surface area contributed by atoms with E-state index in [0.717, 1.165) is 10.9 Å². The molecular weight excluding hydrogens is 390 g/mol. The Morgan fingerprint density at radius 2 is 2.07 bits per heavy atom. The number of nitrogens with zero attached hydrogens (tertiary/aromatic N) is 5. The van der Waals surface area contributed by atoms with Gasteiger partial charge < -0.3 is 4.74 Å². The van der Waals surface area contributed by atoms with Crippen molar-refractivity contribution in [3.63, 3.8) is 0 Å². The van der Waals surface area contributed by atoms with Crippen LogP contribution in [0.4, 0.5) is 0 Å². The molecule has 0 N–H and O–H groups in total. The van der Waals surface area contributed by atoms with Crippen molar-refractivity contribution in [3.8, 4) is 5.88 Å². The third kappa shape index (κ3) is 5.22. The molecule has 0 aliphatic rings. The van der Waals surface area contributed by atoms with E-state index in [1.54, 1.807) is 25.4 Å². The Kier molecular flexibility index (Phi) is 6.51. The molecule has 0 fully saturated rings. The van der Waals surface area contributed by atoms with E-state index >= 15 is 0 Å². The van der Waals surface area contributed by atoms with Crippen LogP contribution in [-0.4, -0.2) is 36.5 Å². The highest BCUT2D eigenvalue weighted by Gasteiger charge is 2.27. The highest BCUT2D eigenvalue weighted by Crippen LogP contribution is 2.37. The minimum atomic E-state index is -3.07. The molecule has 0 aliphatic carbocycles. The van der Waals surface area contributed by atoms with Gasteiger partial charge in [0.05, 0.1) is 22.8 Å². The van der Waals surface area contributed by atoms with Gasteiger partial charge in [-0.15, -0.1) is 0 Å². The lowest BCUT2D eigenvalue weighted by molar-refractivity contribution is 0.212. The van der Waals surface area contributed by atoms with Gasteiger partial charge in [-0.25, -0.2) is 18.4 Å². The van der Waals surface area contributed by atoms with E-state index in [-0.39, 0.29) is 11.9 Å². The van der Waals surface area contributed by atoms with Crippen LogP contribution in [0, 0.1) is 0 Å². The van der Waals surface area contributed by atoms with Crippen molar-refractivity contribution in [3.05, 3.63) is 39.6 Å². The number of sulfone groups is 1. The van der Waals surface area contributed by atoms with Gasteiger partial charge in [0.1, 0.15) is 15.0 Å². The van der Waals surface area contributed by atoms with E-state index in [0.29, 0.717) is 29.3 Å². The van der Waals surface area contributed by atoms with Crippen LogP contribution in [-0.2, 0) is 15.4 Å². The van der Waals surface area contributed by atoms with Gasteiger partial charge in [-0.05, 0) is 49.2 Å². The quantitative estimate of drug-likeness (QED) is 0.275. The van der Waals surface area contributed by atoms with Crippen LogP contribution in [0.5, 0.6) is 5.88 Å². The van der Waals surface area contributed by atoms with E-state index in [1.807, 2.05) is 13.8 Å². The Morgan fingerprint density at radius 3 is 2.67 bits per heavy atom. The minimum absolute atomic E-state index is 0.0268. The first-order chi connectivity index (χ1) is 12.6. The van der Waals surface area contributed by atoms with Gasteiger partial charge in [-0.2, -0.15) is 0 Å². The molecule has 2 atom stereocenters. The number of halogens is 1. The number of azide groups is 1. The van der Waals surface area contributed by atoms with Crippen LogP contribution in [0.15, 0.2) is 23.6 Å². The molecule has 0 bridgehead atoms. The van der Waals surface area contributed by atoms with E-state index in [1.165, 1.54) is 6.26 Å². The summed E-state index contributed by atoms with van der Waals surface area (Å²) in [7, 11) is -3.07. The molecule has 27 heavy (non-hydrogen) atoms. The maximum atomic E-state index is 11.4. The number of rotatable bonds is 8. The number of fused-ring (bicyclic) bond motifs is 1. The van der Waals surface area contributed by atoms with Crippen molar-refractivity contribution >= 4 is 32.2 Å². The lowest BCUT2D eigenvalue weighted by Gasteiger charge is -2.25. The zero-order chi connectivity index (χ0) is 20.2. The van der Waals surface area contributed by atoms with Gasteiger partial charge in [0.2, 0.25) is 5.88 Å². The zero-order valence-electron chi connectivity index (χ0n) is 15.7. The summed E-state index contributed by atoms with van der Waals surface area (Å²) < 4.78 is 28.6. The fourth-order valence-corrected chi connectivity index (χ4v) is 3.57. The van der Waals surface area contributed by atoms with Crippen LogP contribution >= 0.6 is 11.6 Å². The van der Waals surface area contributed by atoms with E-state index < -0.39 is 15.4 Å². The van der Waals surface area contributed by atoms with Crippen molar-refractivity contribution in [1.82, 2.24) is 9.97 Å². The maximum absolute atomic E-state index is 11.4. The third-order valence-electron chi connectivity index (χ3n) is 4.44. The summed E-state index contributed by atoms with van der Waals surface area (Å²) in [5.74, 6) is 0.359. The molecule has 0 saturated heterocycles. The predicted molar refractivity (Wildman–Crippen MR) is 106 cm³/mol. The number of hydrogen-bond donors (Lipinski definition) is 0. The average Bonchev–Trinajstić information content (AvgIpc) is 2.59. The molecule has 0 saturated carbocycles.